The van der Waals surface area contributed by atoms with Gasteiger partial charge in [0.25, 0.3) is 0 Å². The molecule has 0 amide bonds. The predicted molar refractivity (Wildman–Crippen MR) is 91.6 cm³/mol. The van der Waals surface area contributed by atoms with Crippen LogP contribution in [-0.2, 0) is 33.6 Å². The summed E-state index contributed by atoms with van der Waals surface area (Å²) < 4.78 is 39.6. The minimum absolute atomic E-state index is 0.0296. The summed E-state index contributed by atoms with van der Waals surface area (Å²) >= 11 is 3.22. The van der Waals surface area contributed by atoms with Gasteiger partial charge in [0, 0.05) is 10.7 Å². The van der Waals surface area contributed by atoms with Gasteiger partial charge in [-0.15, -0.1) is 0 Å². The number of sulfone groups is 1. The van der Waals surface area contributed by atoms with Crippen molar-refractivity contribution >= 4 is 43.4 Å². The van der Waals surface area contributed by atoms with E-state index in [0.29, 0.717) is 4.47 Å². The molecule has 10 heteroatoms. The van der Waals surface area contributed by atoms with Crippen LogP contribution >= 0.6 is 15.9 Å². The number of hydrogen-bond donors (Lipinski definition) is 0. The molecule has 0 radical (unpaired) electrons. The first-order valence-corrected chi connectivity index (χ1v) is 9.63. The number of carbonyl (C=O) groups excluding carboxylic acids is 2. The molecular weight excluding hydrogens is 418 g/mol. The summed E-state index contributed by atoms with van der Waals surface area (Å²) in [6.45, 7) is -0.284. The van der Waals surface area contributed by atoms with Crippen LogP contribution in [0, 0.1) is 0 Å². The van der Waals surface area contributed by atoms with E-state index in [1.807, 2.05) is 0 Å². The number of carbonyl (C=O) groups is 2. The summed E-state index contributed by atoms with van der Waals surface area (Å²) in [4.78, 5) is 25.5. The summed E-state index contributed by atoms with van der Waals surface area (Å²) in [6, 6.07) is 4.53. The first kappa shape index (κ1) is 19.4. The molecule has 0 bridgehead atoms. The SMILES string of the molecule is COC(=O)C1=C(C(=O)OC)N(c2ccc(Br)cc2S(C)(=O)=O)COC1. The smallest absolute Gasteiger partial charge is 0.355 e. The Morgan fingerprint density at radius 2 is 1.84 bits per heavy atom. The zero-order valence-corrected chi connectivity index (χ0v) is 16.1. The lowest BCUT2D eigenvalue weighted by atomic mass is 10.1. The number of nitrogens with zero attached hydrogens (tertiary/aromatic N) is 1. The Labute approximate surface area is 153 Å². The van der Waals surface area contributed by atoms with Crippen molar-refractivity contribution < 1.29 is 32.2 Å². The van der Waals surface area contributed by atoms with Gasteiger partial charge in [0.15, 0.2) is 9.84 Å². The molecule has 2 rings (SSSR count). The quantitative estimate of drug-likeness (QED) is 0.653. The fourth-order valence-corrected chi connectivity index (χ4v) is 3.75. The molecule has 136 valence electrons. The molecule has 1 heterocycles. The van der Waals surface area contributed by atoms with E-state index in [4.69, 9.17) is 9.47 Å². The van der Waals surface area contributed by atoms with Gasteiger partial charge in [-0.1, -0.05) is 15.9 Å². The standard InChI is InChI=1S/C15H16BrNO7S/c1-22-14(18)10-7-24-8-17(13(10)15(19)23-2)11-5-4-9(16)6-12(11)25(3,20)21/h4-6H,7-8H2,1-3H3. The molecular formula is C15H16BrNO7S. The highest BCUT2D eigenvalue weighted by Gasteiger charge is 2.34. The highest BCUT2D eigenvalue weighted by molar-refractivity contribution is 9.10. The van der Waals surface area contributed by atoms with E-state index in [2.05, 4.69) is 20.7 Å². The number of benzene rings is 1. The van der Waals surface area contributed by atoms with Crippen molar-refractivity contribution in [1.29, 1.82) is 0 Å². The van der Waals surface area contributed by atoms with Crippen molar-refractivity contribution in [2.75, 3.05) is 38.7 Å². The average molecular weight is 434 g/mol. The summed E-state index contributed by atoms with van der Waals surface area (Å²) in [6.07, 6.45) is 1.05. The summed E-state index contributed by atoms with van der Waals surface area (Å²) in [5, 5.41) is 0. The van der Waals surface area contributed by atoms with E-state index in [1.165, 1.54) is 24.1 Å². The number of rotatable bonds is 4. The van der Waals surface area contributed by atoms with E-state index in [1.54, 1.807) is 6.07 Å². The second kappa shape index (κ2) is 7.54. The zero-order valence-electron chi connectivity index (χ0n) is 13.7. The van der Waals surface area contributed by atoms with Gasteiger partial charge in [0.1, 0.15) is 12.4 Å². The van der Waals surface area contributed by atoms with Crippen LogP contribution in [0.25, 0.3) is 0 Å². The van der Waals surface area contributed by atoms with Gasteiger partial charge in [-0.25, -0.2) is 18.0 Å². The Balaban J connectivity index is 2.73. The normalized spacial score (nSPS) is 15.1. The third-order valence-electron chi connectivity index (χ3n) is 3.45. The minimum Gasteiger partial charge on any atom is -0.466 e. The fourth-order valence-electron chi connectivity index (χ4n) is 2.34. The first-order chi connectivity index (χ1) is 11.7. The maximum atomic E-state index is 12.3. The molecule has 0 fully saturated rings. The van der Waals surface area contributed by atoms with Crippen molar-refractivity contribution in [2.45, 2.75) is 4.90 Å². The summed E-state index contributed by atoms with van der Waals surface area (Å²) in [5.74, 6) is -1.56. The van der Waals surface area contributed by atoms with Crippen LogP contribution in [-0.4, -0.2) is 54.2 Å². The Morgan fingerprint density at radius 3 is 2.40 bits per heavy atom. The van der Waals surface area contributed by atoms with Gasteiger partial charge >= 0.3 is 11.9 Å². The number of halogens is 1. The molecule has 0 aliphatic carbocycles. The van der Waals surface area contributed by atoms with Crippen LogP contribution in [0.1, 0.15) is 0 Å². The lowest BCUT2D eigenvalue weighted by molar-refractivity contribution is -0.140. The van der Waals surface area contributed by atoms with Crippen molar-refractivity contribution in [3.05, 3.63) is 33.9 Å². The van der Waals surface area contributed by atoms with Crippen LogP contribution < -0.4 is 4.90 Å². The number of ether oxygens (including phenoxy) is 3. The van der Waals surface area contributed by atoms with Crippen molar-refractivity contribution in [1.82, 2.24) is 0 Å². The molecule has 0 atom stereocenters. The van der Waals surface area contributed by atoms with Gasteiger partial charge in [0.05, 0.1) is 37.0 Å². The third-order valence-corrected chi connectivity index (χ3v) is 5.06. The molecule has 1 aliphatic heterocycles. The van der Waals surface area contributed by atoms with Gasteiger partial charge in [-0.05, 0) is 18.2 Å². The monoisotopic (exact) mass is 433 g/mol. The molecule has 0 saturated carbocycles. The predicted octanol–water partition coefficient (Wildman–Crippen LogP) is 1.25. The Morgan fingerprint density at radius 1 is 1.20 bits per heavy atom. The van der Waals surface area contributed by atoms with E-state index >= 15 is 0 Å². The largest absolute Gasteiger partial charge is 0.466 e. The summed E-state index contributed by atoms with van der Waals surface area (Å²) in [5.41, 5.74) is 0.0167. The molecule has 0 aromatic heterocycles. The maximum Gasteiger partial charge on any atom is 0.355 e. The van der Waals surface area contributed by atoms with Crippen LogP contribution in [0.3, 0.4) is 0 Å². The van der Waals surface area contributed by atoms with Crippen molar-refractivity contribution in [2.24, 2.45) is 0 Å². The topological polar surface area (TPSA) is 99.2 Å². The van der Waals surface area contributed by atoms with E-state index < -0.39 is 21.8 Å². The van der Waals surface area contributed by atoms with Crippen LogP contribution in [0.15, 0.2) is 38.8 Å². The van der Waals surface area contributed by atoms with Crippen LogP contribution in [0.5, 0.6) is 0 Å². The zero-order chi connectivity index (χ0) is 18.8. The first-order valence-electron chi connectivity index (χ1n) is 6.95. The number of methoxy groups -OCH3 is 2. The molecule has 0 saturated heterocycles. The minimum atomic E-state index is -3.62. The molecule has 0 spiro atoms. The lowest BCUT2D eigenvalue weighted by Crippen LogP contribution is -2.39. The molecule has 0 unspecified atom stereocenters. The van der Waals surface area contributed by atoms with Crippen molar-refractivity contribution in [3.63, 3.8) is 0 Å². The Hall–Kier alpha value is -1.91. The Kier molecular flexibility index (Phi) is 5.86. The van der Waals surface area contributed by atoms with Crippen molar-refractivity contribution in [3.8, 4) is 0 Å². The van der Waals surface area contributed by atoms with Gasteiger partial charge in [-0.2, -0.15) is 0 Å². The van der Waals surface area contributed by atoms with E-state index in [9.17, 15) is 18.0 Å². The lowest BCUT2D eigenvalue weighted by Gasteiger charge is -2.32. The summed E-state index contributed by atoms with van der Waals surface area (Å²) in [7, 11) is -1.29. The Bertz CT molecular complexity index is 847. The maximum absolute atomic E-state index is 12.3. The number of hydrogen-bond acceptors (Lipinski definition) is 8. The molecule has 1 aromatic rings. The second-order valence-corrected chi connectivity index (χ2v) is 8.00. The van der Waals surface area contributed by atoms with E-state index in [0.717, 1.165) is 13.4 Å². The van der Waals surface area contributed by atoms with Gasteiger partial charge in [0.2, 0.25) is 0 Å². The molecule has 1 aromatic carbocycles. The van der Waals surface area contributed by atoms with Crippen LogP contribution in [0.4, 0.5) is 5.69 Å². The molecule has 0 N–H and O–H groups in total. The second-order valence-electron chi connectivity index (χ2n) is 5.10. The molecule has 1 aliphatic rings. The van der Waals surface area contributed by atoms with E-state index in [-0.39, 0.29) is 35.2 Å². The molecule has 25 heavy (non-hydrogen) atoms. The molecule has 8 nitrogen and oxygen atoms in total. The highest BCUT2D eigenvalue weighted by Crippen LogP contribution is 2.33. The highest BCUT2D eigenvalue weighted by atomic mass is 79.9. The number of anilines is 1. The fraction of sp³-hybridized carbons (Fsp3) is 0.333. The third kappa shape index (κ3) is 4.02. The average Bonchev–Trinajstić information content (AvgIpc) is 2.58. The van der Waals surface area contributed by atoms with Gasteiger partial charge < -0.3 is 19.1 Å². The van der Waals surface area contributed by atoms with Crippen LogP contribution in [0.2, 0.25) is 0 Å². The number of esters is 2. The van der Waals surface area contributed by atoms with Gasteiger partial charge in [-0.3, -0.25) is 0 Å².